The fourth-order valence-corrected chi connectivity index (χ4v) is 3.07. The van der Waals surface area contributed by atoms with Crippen LogP contribution in [0.4, 0.5) is 26.3 Å². The number of amides is 1. The molecule has 0 aromatic heterocycles. The number of esters is 1. The summed E-state index contributed by atoms with van der Waals surface area (Å²) in [6.45, 7) is 0. The highest BCUT2D eigenvalue weighted by atomic mass is 19.4. The predicted molar refractivity (Wildman–Crippen MR) is 103 cm³/mol. The summed E-state index contributed by atoms with van der Waals surface area (Å²) in [5, 5.41) is 7.72. The highest BCUT2D eigenvalue weighted by Gasteiger charge is 2.65. The van der Waals surface area contributed by atoms with Gasteiger partial charge in [0, 0.05) is 23.1 Å². The standard InChI is InChI=1S/C21H15F6N3O4/c1-34-17(32)15(28-18(33)20(22,23)24)10-11-2-4-12(5-3-11)16(31)13-6-8-14(9-7-13)19(29-30-19)21(25,26)27/h2-9,15H,10H2,1H3,(H,28,33)/t15-/m0/s1. The van der Waals surface area contributed by atoms with Gasteiger partial charge in [0.05, 0.1) is 7.11 Å². The molecule has 2 aromatic carbocycles. The van der Waals surface area contributed by atoms with Crippen LogP contribution in [0.5, 0.6) is 0 Å². The summed E-state index contributed by atoms with van der Waals surface area (Å²) in [4.78, 5) is 35.6. The van der Waals surface area contributed by atoms with Crippen LogP contribution in [0, 0.1) is 0 Å². The van der Waals surface area contributed by atoms with Crippen LogP contribution in [0.25, 0.3) is 0 Å². The number of nitrogens with zero attached hydrogens (tertiary/aromatic N) is 2. The first-order chi connectivity index (χ1) is 15.8. The van der Waals surface area contributed by atoms with E-state index in [0.717, 1.165) is 19.2 Å². The minimum atomic E-state index is -5.19. The topological polar surface area (TPSA) is 97.2 Å². The van der Waals surface area contributed by atoms with Crippen molar-refractivity contribution >= 4 is 17.7 Å². The van der Waals surface area contributed by atoms with E-state index in [1.807, 2.05) is 0 Å². The molecular formula is C21H15F6N3O4. The van der Waals surface area contributed by atoms with Crippen molar-refractivity contribution in [3.8, 4) is 0 Å². The van der Waals surface area contributed by atoms with Crippen molar-refractivity contribution in [2.75, 3.05) is 7.11 Å². The minimum Gasteiger partial charge on any atom is -0.467 e. The molecule has 1 amide bonds. The predicted octanol–water partition coefficient (Wildman–Crippen LogP) is 3.86. The van der Waals surface area contributed by atoms with Crippen molar-refractivity contribution in [2.45, 2.75) is 30.5 Å². The van der Waals surface area contributed by atoms with Gasteiger partial charge in [-0.05, 0) is 5.56 Å². The van der Waals surface area contributed by atoms with Gasteiger partial charge in [0.15, 0.2) is 5.78 Å². The Morgan fingerprint density at radius 2 is 1.41 bits per heavy atom. The summed E-state index contributed by atoms with van der Waals surface area (Å²) < 4.78 is 81.1. The molecule has 2 aromatic rings. The van der Waals surface area contributed by atoms with Gasteiger partial charge in [-0.2, -0.15) is 26.3 Å². The zero-order chi connectivity index (χ0) is 25.3. The van der Waals surface area contributed by atoms with Gasteiger partial charge in [0.1, 0.15) is 6.04 Å². The van der Waals surface area contributed by atoms with E-state index in [1.54, 1.807) is 5.32 Å². The van der Waals surface area contributed by atoms with Crippen molar-refractivity contribution < 1.29 is 45.5 Å². The van der Waals surface area contributed by atoms with Crippen LogP contribution in [-0.4, -0.2) is 43.2 Å². The summed E-state index contributed by atoms with van der Waals surface area (Å²) in [7, 11) is 0.948. The Kier molecular flexibility index (Phi) is 6.49. The Balaban J connectivity index is 1.71. The van der Waals surface area contributed by atoms with E-state index in [4.69, 9.17) is 0 Å². The van der Waals surface area contributed by atoms with E-state index in [2.05, 4.69) is 15.0 Å². The molecule has 34 heavy (non-hydrogen) atoms. The lowest BCUT2D eigenvalue weighted by atomic mass is 9.96. The number of methoxy groups -OCH3 is 1. The Hall–Kier alpha value is -3.77. The Morgan fingerprint density at radius 1 is 0.912 bits per heavy atom. The van der Waals surface area contributed by atoms with Crippen LogP contribution in [0.1, 0.15) is 27.0 Å². The molecule has 0 saturated heterocycles. The lowest BCUT2D eigenvalue weighted by Gasteiger charge is -2.17. The molecule has 1 atom stereocenters. The van der Waals surface area contributed by atoms with Crippen LogP contribution in [0.3, 0.4) is 0 Å². The van der Waals surface area contributed by atoms with Crippen LogP contribution in [0.2, 0.25) is 0 Å². The molecule has 1 heterocycles. The van der Waals surface area contributed by atoms with Crippen molar-refractivity contribution in [1.29, 1.82) is 0 Å². The van der Waals surface area contributed by atoms with E-state index >= 15 is 0 Å². The Morgan fingerprint density at radius 3 is 1.82 bits per heavy atom. The zero-order valence-corrected chi connectivity index (χ0v) is 17.2. The largest absolute Gasteiger partial charge is 0.471 e. The average molecular weight is 487 g/mol. The average Bonchev–Trinajstić information content (AvgIpc) is 3.60. The number of benzene rings is 2. The first-order valence-corrected chi connectivity index (χ1v) is 9.49. The molecule has 0 bridgehead atoms. The fraction of sp³-hybridized carbons (Fsp3) is 0.286. The molecule has 3 rings (SSSR count). The molecular weight excluding hydrogens is 472 g/mol. The quantitative estimate of drug-likeness (QED) is 0.365. The molecule has 0 unspecified atom stereocenters. The molecule has 1 aliphatic rings. The maximum absolute atomic E-state index is 13.1. The second-order valence-corrected chi connectivity index (χ2v) is 7.22. The third-order valence-electron chi connectivity index (χ3n) is 4.95. The molecule has 0 spiro atoms. The first-order valence-electron chi connectivity index (χ1n) is 9.49. The summed E-state index contributed by atoms with van der Waals surface area (Å²) in [6, 6.07) is 8.34. The van der Waals surface area contributed by atoms with Gasteiger partial charge in [-0.3, -0.25) is 9.59 Å². The lowest BCUT2D eigenvalue weighted by molar-refractivity contribution is -0.175. The second-order valence-electron chi connectivity index (χ2n) is 7.22. The van der Waals surface area contributed by atoms with Gasteiger partial charge < -0.3 is 10.1 Å². The van der Waals surface area contributed by atoms with Gasteiger partial charge in [-0.1, -0.05) is 48.5 Å². The third kappa shape index (κ3) is 5.07. The maximum Gasteiger partial charge on any atom is 0.471 e. The summed E-state index contributed by atoms with van der Waals surface area (Å²) >= 11 is 0. The smallest absolute Gasteiger partial charge is 0.467 e. The SMILES string of the molecule is COC(=O)[C@H](Cc1ccc(C(=O)c2ccc(C3(C(F)(F)F)N=N3)cc2)cc1)NC(=O)C(F)(F)F. The molecule has 0 fully saturated rings. The van der Waals surface area contributed by atoms with Crippen LogP contribution in [-0.2, 0) is 26.4 Å². The maximum atomic E-state index is 13.1. The van der Waals surface area contributed by atoms with Crippen molar-refractivity contribution in [1.82, 2.24) is 5.32 Å². The molecule has 180 valence electrons. The molecule has 0 aliphatic carbocycles. The fourth-order valence-electron chi connectivity index (χ4n) is 3.07. The van der Waals surface area contributed by atoms with Crippen LogP contribution in [0.15, 0.2) is 58.8 Å². The molecule has 13 heteroatoms. The van der Waals surface area contributed by atoms with E-state index < -0.39 is 41.7 Å². The number of alkyl halides is 6. The second kappa shape index (κ2) is 8.88. The van der Waals surface area contributed by atoms with E-state index in [9.17, 15) is 40.7 Å². The van der Waals surface area contributed by atoms with Gasteiger partial charge in [0.2, 0.25) is 0 Å². The highest BCUT2D eigenvalue weighted by molar-refractivity contribution is 6.09. The molecule has 0 radical (unpaired) electrons. The molecule has 0 saturated carbocycles. The van der Waals surface area contributed by atoms with Gasteiger partial charge in [-0.25, -0.2) is 4.79 Å². The Bertz CT molecular complexity index is 1120. The monoisotopic (exact) mass is 487 g/mol. The molecule has 1 aliphatic heterocycles. The summed E-state index contributed by atoms with van der Waals surface area (Å²) in [5.74, 6) is -3.93. The number of rotatable bonds is 7. The van der Waals surface area contributed by atoms with E-state index in [1.165, 1.54) is 36.4 Å². The summed E-state index contributed by atoms with van der Waals surface area (Å²) in [5.41, 5.74) is -2.31. The van der Waals surface area contributed by atoms with Gasteiger partial charge in [0.25, 0.3) is 0 Å². The molecule has 1 N–H and O–H groups in total. The van der Waals surface area contributed by atoms with Gasteiger partial charge >= 0.3 is 29.9 Å². The number of ether oxygens (including phenoxy) is 1. The minimum absolute atomic E-state index is 0.0827. The number of nitrogens with one attached hydrogen (secondary N) is 1. The third-order valence-corrected chi connectivity index (χ3v) is 4.95. The van der Waals surface area contributed by atoms with Gasteiger partial charge in [-0.15, -0.1) is 10.2 Å². The molecule has 7 nitrogen and oxygen atoms in total. The lowest BCUT2D eigenvalue weighted by Crippen LogP contribution is -2.48. The highest BCUT2D eigenvalue weighted by Crippen LogP contribution is 2.52. The zero-order valence-electron chi connectivity index (χ0n) is 17.2. The first kappa shape index (κ1) is 24.9. The summed E-state index contributed by atoms with van der Waals surface area (Å²) in [6.07, 6.45) is -10.2. The van der Waals surface area contributed by atoms with E-state index in [-0.39, 0.29) is 23.1 Å². The number of ketones is 1. The number of hydrogen-bond acceptors (Lipinski definition) is 6. The Labute approximate surface area is 187 Å². The normalized spacial score (nSPS) is 15.4. The number of halogens is 6. The number of hydrogen-bond donors (Lipinski definition) is 1. The number of carbonyl (C=O) groups excluding carboxylic acids is 3. The van der Waals surface area contributed by atoms with Crippen LogP contribution < -0.4 is 5.32 Å². The van der Waals surface area contributed by atoms with E-state index in [0.29, 0.717) is 5.56 Å². The van der Waals surface area contributed by atoms with Crippen LogP contribution >= 0.6 is 0 Å². The number of carbonyl (C=O) groups is 3. The van der Waals surface area contributed by atoms with Crippen molar-refractivity contribution in [3.05, 3.63) is 70.8 Å². The van der Waals surface area contributed by atoms with Crippen molar-refractivity contribution in [2.24, 2.45) is 10.2 Å². The van der Waals surface area contributed by atoms with Crippen molar-refractivity contribution in [3.63, 3.8) is 0 Å².